The quantitative estimate of drug-likeness (QED) is 0.643. The second-order valence-corrected chi connectivity index (χ2v) is 10.5. The Bertz CT molecular complexity index is 1070. The molecule has 0 unspecified atom stereocenters. The van der Waals surface area contributed by atoms with Crippen molar-refractivity contribution in [3.8, 4) is 0 Å². The van der Waals surface area contributed by atoms with Gasteiger partial charge in [-0.1, -0.05) is 0 Å². The van der Waals surface area contributed by atoms with Gasteiger partial charge in [-0.05, 0) is 52.8 Å². The van der Waals surface area contributed by atoms with Crippen LogP contribution in [0.25, 0.3) is 0 Å². The van der Waals surface area contributed by atoms with Crippen molar-refractivity contribution in [3.05, 3.63) is 40.9 Å². The molecule has 0 radical (unpaired) electrons. The van der Waals surface area contributed by atoms with Crippen LogP contribution in [-0.2, 0) is 14.0 Å². The summed E-state index contributed by atoms with van der Waals surface area (Å²) >= 11 is 0. The van der Waals surface area contributed by atoms with E-state index in [1.54, 1.807) is 12.3 Å². The first-order chi connectivity index (χ1) is 16.1. The Labute approximate surface area is 200 Å². The average Bonchev–Trinajstić information content (AvgIpc) is 2.96. The third-order valence-corrected chi connectivity index (χ3v) is 7.59. The van der Waals surface area contributed by atoms with Crippen LogP contribution in [0.3, 0.4) is 0 Å². The fourth-order valence-corrected chi connectivity index (χ4v) is 4.61. The third kappa shape index (κ3) is 4.35. The minimum absolute atomic E-state index is 0.226. The van der Waals surface area contributed by atoms with Crippen molar-refractivity contribution >= 4 is 29.8 Å². The van der Waals surface area contributed by atoms with E-state index in [0.717, 1.165) is 44.0 Å². The molecule has 0 aromatic carbocycles. The number of anilines is 3. The molecule has 1 atom stereocenters. The maximum absolute atomic E-state index is 12.5. The van der Waals surface area contributed by atoms with E-state index in [4.69, 9.17) is 14.0 Å². The fourth-order valence-electron chi connectivity index (χ4n) is 4.61. The van der Waals surface area contributed by atoms with Crippen LogP contribution in [0.4, 0.5) is 17.2 Å². The van der Waals surface area contributed by atoms with Crippen LogP contribution in [0.2, 0.25) is 0 Å². The summed E-state index contributed by atoms with van der Waals surface area (Å²) in [5, 5.41) is 3.15. The van der Waals surface area contributed by atoms with Gasteiger partial charge in [-0.3, -0.25) is 9.69 Å². The van der Waals surface area contributed by atoms with E-state index in [1.165, 1.54) is 0 Å². The summed E-state index contributed by atoms with van der Waals surface area (Å²) in [7, 11) is -0.551. The highest BCUT2D eigenvalue weighted by molar-refractivity contribution is 6.62. The Morgan fingerprint density at radius 1 is 1.15 bits per heavy atom. The summed E-state index contributed by atoms with van der Waals surface area (Å²) in [5.74, 6) is 0.609. The SMILES string of the molecule is C[C@H]1CN(C2COC2)CCN1c1ccc(Nc2cc(B3OC(C)(C)C(C)(C)O3)c[nH]c2=O)nc1. The van der Waals surface area contributed by atoms with Gasteiger partial charge in [-0.15, -0.1) is 0 Å². The Kier molecular flexibility index (Phi) is 5.96. The van der Waals surface area contributed by atoms with Gasteiger partial charge in [-0.25, -0.2) is 4.98 Å². The normalized spacial score (nSPS) is 24.8. The molecule has 0 spiro atoms. The molecule has 0 amide bonds. The van der Waals surface area contributed by atoms with Crippen molar-refractivity contribution in [3.63, 3.8) is 0 Å². The third-order valence-electron chi connectivity index (χ3n) is 7.59. The van der Waals surface area contributed by atoms with Gasteiger partial charge in [0.2, 0.25) is 0 Å². The van der Waals surface area contributed by atoms with Crippen molar-refractivity contribution in [2.24, 2.45) is 0 Å². The lowest BCUT2D eigenvalue weighted by Crippen LogP contribution is -2.59. The summed E-state index contributed by atoms with van der Waals surface area (Å²) in [6, 6.07) is 6.70. The predicted molar refractivity (Wildman–Crippen MR) is 133 cm³/mol. The largest absolute Gasteiger partial charge is 0.496 e. The number of hydrogen-bond donors (Lipinski definition) is 2. The summed E-state index contributed by atoms with van der Waals surface area (Å²) in [5.41, 5.74) is 1.11. The number of aromatic amines is 1. The summed E-state index contributed by atoms with van der Waals surface area (Å²) in [6.07, 6.45) is 3.51. The second kappa shape index (κ2) is 8.68. The van der Waals surface area contributed by atoms with Crippen LogP contribution in [0.5, 0.6) is 0 Å². The van der Waals surface area contributed by atoms with Crippen molar-refractivity contribution in [1.29, 1.82) is 0 Å². The number of nitrogens with zero attached hydrogens (tertiary/aromatic N) is 3. The van der Waals surface area contributed by atoms with Gasteiger partial charge >= 0.3 is 7.12 Å². The standard InChI is InChI=1S/C24H34BN5O4/c1-16-13-29(19-14-32-15-19)8-9-30(16)18-6-7-21(26-12-18)28-20-10-17(11-27-22(20)31)25-33-23(2,3)24(4,5)34-25/h6-7,10-12,16,19H,8-9,13-15H2,1-5H3,(H,26,28)(H,27,31)/t16-/m0/s1. The van der Waals surface area contributed by atoms with Crippen LogP contribution in [-0.4, -0.2) is 78.1 Å². The van der Waals surface area contributed by atoms with E-state index < -0.39 is 18.3 Å². The van der Waals surface area contributed by atoms with E-state index in [9.17, 15) is 4.79 Å². The first kappa shape index (κ1) is 23.4. The number of pyridine rings is 2. The number of hydrogen-bond acceptors (Lipinski definition) is 8. The maximum Gasteiger partial charge on any atom is 0.496 e. The Morgan fingerprint density at radius 2 is 1.88 bits per heavy atom. The van der Waals surface area contributed by atoms with Gasteiger partial charge in [0.05, 0.1) is 42.3 Å². The average molecular weight is 467 g/mol. The van der Waals surface area contributed by atoms with Crippen LogP contribution < -0.4 is 21.2 Å². The second-order valence-electron chi connectivity index (χ2n) is 10.5. The van der Waals surface area contributed by atoms with E-state index >= 15 is 0 Å². The van der Waals surface area contributed by atoms with Crippen LogP contribution in [0.15, 0.2) is 35.4 Å². The van der Waals surface area contributed by atoms with E-state index in [0.29, 0.717) is 23.6 Å². The number of piperazine rings is 1. The fraction of sp³-hybridized carbons (Fsp3) is 0.583. The van der Waals surface area contributed by atoms with Crippen LogP contribution >= 0.6 is 0 Å². The molecule has 34 heavy (non-hydrogen) atoms. The lowest BCUT2D eigenvalue weighted by atomic mass is 9.80. The molecule has 3 saturated heterocycles. The minimum atomic E-state index is -0.551. The molecule has 2 aromatic rings. The number of nitrogens with one attached hydrogen (secondary N) is 2. The molecule has 2 aromatic heterocycles. The molecule has 3 aliphatic heterocycles. The molecule has 3 fully saturated rings. The lowest BCUT2D eigenvalue weighted by Gasteiger charge is -2.46. The van der Waals surface area contributed by atoms with Crippen LogP contribution in [0.1, 0.15) is 34.6 Å². The Morgan fingerprint density at radius 3 is 2.47 bits per heavy atom. The molecule has 0 bridgehead atoms. The zero-order valence-corrected chi connectivity index (χ0v) is 20.6. The highest BCUT2D eigenvalue weighted by Gasteiger charge is 2.51. The topological polar surface area (TPSA) is 92.0 Å². The van der Waals surface area contributed by atoms with Crippen molar-refractivity contribution in [1.82, 2.24) is 14.9 Å². The molecule has 2 N–H and O–H groups in total. The summed E-state index contributed by atoms with van der Waals surface area (Å²) in [6.45, 7) is 15.0. The Hall–Kier alpha value is -2.40. The number of H-pyrrole nitrogens is 1. The van der Waals surface area contributed by atoms with E-state index in [2.05, 4.69) is 38.1 Å². The first-order valence-electron chi connectivity index (χ1n) is 12.0. The predicted octanol–water partition coefficient (Wildman–Crippen LogP) is 1.72. The maximum atomic E-state index is 12.5. The van der Waals surface area contributed by atoms with E-state index in [-0.39, 0.29) is 5.56 Å². The molecule has 0 aliphatic carbocycles. The lowest BCUT2D eigenvalue weighted by molar-refractivity contribution is -0.0691. The molecule has 5 heterocycles. The summed E-state index contributed by atoms with van der Waals surface area (Å²) in [4.78, 5) is 24.7. The van der Waals surface area contributed by atoms with Gasteiger partial charge in [0, 0.05) is 37.3 Å². The van der Waals surface area contributed by atoms with Crippen LogP contribution in [0, 0.1) is 0 Å². The van der Waals surface area contributed by atoms with Crippen molar-refractivity contribution in [2.75, 3.05) is 43.1 Å². The minimum Gasteiger partial charge on any atom is -0.399 e. The van der Waals surface area contributed by atoms with Crippen molar-refractivity contribution < 1.29 is 14.0 Å². The van der Waals surface area contributed by atoms with Gasteiger partial charge in [0.15, 0.2) is 0 Å². The van der Waals surface area contributed by atoms with Gasteiger partial charge in [0.25, 0.3) is 5.56 Å². The molecule has 5 rings (SSSR count). The first-order valence-corrected chi connectivity index (χ1v) is 12.0. The monoisotopic (exact) mass is 467 g/mol. The molecular formula is C24H34BN5O4. The molecule has 10 heteroatoms. The molecule has 9 nitrogen and oxygen atoms in total. The van der Waals surface area contributed by atoms with Gasteiger partial charge in [-0.2, -0.15) is 0 Å². The molecule has 182 valence electrons. The molecule has 0 saturated carbocycles. The number of aromatic nitrogens is 2. The smallest absolute Gasteiger partial charge is 0.399 e. The van der Waals surface area contributed by atoms with E-state index in [1.807, 2.05) is 40.0 Å². The zero-order valence-electron chi connectivity index (χ0n) is 20.6. The number of ether oxygens (including phenoxy) is 1. The van der Waals surface area contributed by atoms with Gasteiger partial charge < -0.3 is 29.2 Å². The Balaban J connectivity index is 1.26. The zero-order chi connectivity index (χ0) is 24.1. The van der Waals surface area contributed by atoms with Gasteiger partial charge in [0.1, 0.15) is 11.5 Å². The summed E-state index contributed by atoms with van der Waals surface area (Å²) < 4.78 is 17.6. The highest BCUT2D eigenvalue weighted by Crippen LogP contribution is 2.36. The number of rotatable bonds is 5. The molecular weight excluding hydrogens is 433 g/mol. The van der Waals surface area contributed by atoms with Crippen molar-refractivity contribution in [2.45, 2.75) is 57.9 Å². The highest BCUT2D eigenvalue weighted by atomic mass is 16.7. The molecule has 3 aliphatic rings.